The molecule has 1 unspecified atom stereocenters. The van der Waals surface area contributed by atoms with Crippen molar-refractivity contribution >= 4 is 33.0 Å². The first-order chi connectivity index (χ1) is 10.4. The molecule has 1 aliphatic rings. The molecule has 1 aliphatic heterocycles. The van der Waals surface area contributed by atoms with Crippen LogP contribution in [0.4, 0.5) is 5.69 Å². The number of nitrogens with zero attached hydrogens (tertiary/aromatic N) is 1. The Balaban J connectivity index is 1.98. The first-order valence-corrected chi connectivity index (χ1v) is 8.73. The van der Waals surface area contributed by atoms with E-state index >= 15 is 0 Å². The van der Waals surface area contributed by atoms with E-state index in [-0.39, 0.29) is 23.1 Å². The molecule has 6 nitrogen and oxygen atoms in total. The number of hydrogen-bond acceptors (Lipinski definition) is 5. The highest BCUT2D eigenvalue weighted by molar-refractivity contribution is 7.91. The summed E-state index contributed by atoms with van der Waals surface area (Å²) in [4.78, 5) is 12.0. The average molecular weight is 340 g/mol. The van der Waals surface area contributed by atoms with E-state index < -0.39 is 15.7 Å². The van der Waals surface area contributed by atoms with Crippen molar-refractivity contribution in [2.75, 3.05) is 16.8 Å². The number of anilines is 1. The van der Waals surface area contributed by atoms with Crippen molar-refractivity contribution in [2.45, 2.75) is 12.5 Å². The minimum atomic E-state index is -3.01. The normalized spacial score (nSPS) is 20.2. The predicted octanol–water partition coefficient (Wildman–Crippen LogP) is 1.46. The van der Waals surface area contributed by atoms with Crippen molar-refractivity contribution in [3.63, 3.8) is 0 Å². The molecule has 0 aliphatic carbocycles. The van der Waals surface area contributed by atoms with Gasteiger partial charge in [0.2, 0.25) is 0 Å². The number of benzene rings is 1. The Bertz CT molecular complexity index is 736. The zero-order valence-electron chi connectivity index (χ0n) is 11.5. The van der Waals surface area contributed by atoms with Crippen molar-refractivity contribution in [3.05, 3.63) is 41.1 Å². The number of carbonyl (C=O) groups is 1. The third-order valence-corrected chi connectivity index (χ3v) is 5.18. The van der Waals surface area contributed by atoms with Gasteiger partial charge in [0.05, 0.1) is 11.5 Å². The summed E-state index contributed by atoms with van der Waals surface area (Å²) in [5, 5.41) is 15.0. The van der Waals surface area contributed by atoms with Crippen molar-refractivity contribution in [2.24, 2.45) is 0 Å². The summed E-state index contributed by atoms with van der Waals surface area (Å²) in [6, 6.07) is 8.00. The number of nitriles is 1. The molecule has 8 heteroatoms. The van der Waals surface area contributed by atoms with Crippen LogP contribution in [0.5, 0.6) is 0 Å². The fourth-order valence-corrected chi connectivity index (χ4v) is 3.82. The zero-order chi connectivity index (χ0) is 16.2. The molecule has 1 heterocycles. The molecule has 0 bridgehead atoms. The van der Waals surface area contributed by atoms with Crippen LogP contribution in [-0.2, 0) is 14.6 Å². The molecule has 1 fully saturated rings. The number of sulfone groups is 1. The molecular formula is C14H14ClN3O3S. The van der Waals surface area contributed by atoms with E-state index in [2.05, 4.69) is 10.6 Å². The van der Waals surface area contributed by atoms with Crippen molar-refractivity contribution in [1.82, 2.24) is 5.32 Å². The summed E-state index contributed by atoms with van der Waals surface area (Å²) >= 11 is 5.75. The summed E-state index contributed by atoms with van der Waals surface area (Å²) < 4.78 is 22.7. The van der Waals surface area contributed by atoms with Crippen molar-refractivity contribution in [1.29, 1.82) is 5.26 Å². The second-order valence-electron chi connectivity index (χ2n) is 4.90. The molecular weight excluding hydrogens is 326 g/mol. The lowest BCUT2D eigenvalue weighted by atomic mass is 10.2. The van der Waals surface area contributed by atoms with Crippen LogP contribution in [0.25, 0.3) is 0 Å². The molecule has 1 aromatic carbocycles. The van der Waals surface area contributed by atoms with E-state index in [1.54, 1.807) is 30.3 Å². The molecule has 1 amide bonds. The highest BCUT2D eigenvalue weighted by atomic mass is 35.5. The van der Waals surface area contributed by atoms with Gasteiger partial charge in [-0.2, -0.15) is 5.26 Å². The van der Waals surface area contributed by atoms with Gasteiger partial charge in [0.1, 0.15) is 11.6 Å². The molecule has 0 radical (unpaired) electrons. The highest BCUT2D eigenvalue weighted by Gasteiger charge is 2.27. The molecule has 116 valence electrons. The van der Waals surface area contributed by atoms with Crippen molar-refractivity contribution < 1.29 is 13.2 Å². The highest BCUT2D eigenvalue weighted by Crippen LogP contribution is 2.14. The third-order valence-electron chi connectivity index (χ3n) is 3.16. The minimum absolute atomic E-state index is 0.0149. The SMILES string of the molecule is N#C/C(=C/NC1CCS(=O)(=O)C1)C(=O)Nc1ccc(Cl)cc1. The third kappa shape index (κ3) is 4.48. The van der Waals surface area contributed by atoms with Gasteiger partial charge in [0.15, 0.2) is 9.84 Å². The van der Waals surface area contributed by atoms with E-state index in [0.717, 1.165) is 0 Å². The van der Waals surface area contributed by atoms with Gasteiger partial charge >= 0.3 is 0 Å². The summed E-state index contributed by atoms with van der Waals surface area (Å²) in [5.41, 5.74) is 0.387. The minimum Gasteiger partial charge on any atom is -0.386 e. The summed E-state index contributed by atoms with van der Waals surface area (Å²) in [7, 11) is -3.01. The molecule has 1 saturated heterocycles. The molecule has 1 atom stereocenters. The average Bonchev–Trinajstić information content (AvgIpc) is 2.81. The largest absolute Gasteiger partial charge is 0.386 e. The molecule has 22 heavy (non-hydrogen) atoms. The lowest BCUT2D eigenvalue weighted by molar-refractivity contribution is -0.112. The Morgan fingerprint density at radius 2 is 2.05 bits per heavy atom. The molecule has 2 rings (SSSR count). The second-order valence-corrected chi connectivity index (χ2v) is 7.56. The van der Waals surface area contributed by atoms with E-state index in [1.807, 2.05) is 0 Å². The van der Waals surface area contributed by atoms with E-state index in [9.17, 15) is 13.2 Å². The topological polar surface area (TPSA) is 99.1 Å². The Kier molecular flexibility index (Phi) is 5.06. The Labute approximate surface area is 133 Å². The lowest BCUT2D eigenvalue weighted by Crippen LogP contribution is -2.27. The number of nitrogens with one attached hydrogen (secondary N) is 2. The van der Waals surface area contributed by atoms with Crippen LogP contribution in [0.15, 0.2) is 36.0 Å². The first kappa shape index (κ1) is 16.3. The molecule has 2 N–H and O–H groups in total. The monoisotopic (exact) mass is 339 g/mol. The number of halogens is 1. The number of hydrogen-bond donors (Lipinski definition) is 2. The van der Waals surface area contributed by atoms with Gasteiger partial charge in [-0.15, -0.1) is 0 Å². The quantitative estimate of drug-likeness (QED) is 0.639. The lowest BCUT2D eigenvalue weighted by Gasteiger charge is -2.08. The zero-order valence-corrected chi connectivity index (χ0v) is 13.1. The smallest absolute Gasteiger partial charge is 0.267 e. The molecule has 0 aromatic heterocycles. The maximum atomic E-state index is 12.0. The molecule has 1 aromatic rings. The maximum absolute atomic E-state index is 12.0. The van der Waals surface area contributed by atoms with Crippen LogP contribution in [0.2, 0.25) is 5.02 Å². The van der Waals surface area contributed by atoms with Gasteiger partial charge < -0.3 is 10.6 Å². The number of carbonyl (C=O) groups excluding carboxylic acids is 1. The predicted molar refractivity (Wildman–Crippen MR) is 84.0 cm³/mol. The van der Waals surface area contributed by atoms with Crippen LogP contribution >= 0.6 is 11.6 Å². The van der Waals surface area contributed by atoms with Crippen LogP contribution in [0.1, 0.15) is 6.42 Å². The Morgan fingerprint density at radius 1 is 1.36 bits per heavy atom. The van der Waals surface area contributed by atoms with Gasteiger partial charge in [-0.3, -0.25) is 4.79 Å². The van der Waals surface area contributed by atoms with Crippen LogP contribution < -0.4 is 10.6 Å². The Morgan fingerprint density at radius 3 is 2.59 bits per heavy atom. The summed E-state index contributed by atoms with van der Waals surface area (Å²) in [5.74, 6) is -0.434. The van der Waals surface area contributed by atoms with Crippen molar-refractivity contribution in [3.8, 4) is 6.07 Å². The van der Waals surface area contributed by atoms with E-state index in [1.165, 1.54) is 6.20 Å². The molecule has 0 spiro atoms. The van der Waals surface area contributed by atoms with Crippen LogP contribution in [0, 0.1) is 11.3 Å². The number of rotatable bonds is 4. The van der Waals surface area contributed by atoms with Gasteiger partial charge in [0, 0.05) is 23.0 Å². The maximum Gasteiger partial charge on any atom is 0.267 e. The standard InChI is InChI=1S/C14H14ClN3O3S/c15-11-1-3-12(4-2-11)18-14(19)10(7-16)8-17-13-5-6-22(20,21)9-13/h1-4,8,13,17H,5-6,9H2,(H,18,19)/b10-8-. The fourth-order valence-electron chi connectivity index (χ4n) is 2.01. The first-order valence-electron chi connectivity index (χ1n) is 6.53. The van der Waals surface area contributed by atoms with E-state index in [4.69, 9.17) is 16.9 Å². The van der Waals surface area contributed by atoms with Gasteiger partial charge in [-0.1, -0.05) is 11.6 Å². The van der Waals surface area contributed by atoms with Gasteiger partial charge in [0.25, 0.3) is 5.91 Å². The fraction of sp³-hybridized carbons (Fsp3) is 0.286. The van der Waals surface area contributed by atoms with E-state index in [0.29, 0.717) is 17.1 Å². The summed E-state index contributed by atoms with van der Waals surface area (Å²) in [6.07, 6.45) is 1.73. The number of amides is 1. The molecule has 0 saturated carbocycles. The van der Waals surface area contributed by atoms with Gasteiger partial charge in [-0.05, 0) is 30.7 Å². The van der Waals surface area contributed by atoms with Crippen LogP contribution in [-0.4, -0.2) is 31.9 Å². The van der Waals surface area contributed by atoms with Crippen LogP contribution in [0.3, 0.4) is 0 Å². The second kappa shape index (κ2) is 6.81. The summed E-state index contributed by atoms with van der Waals surface area (Å²) in [6.45, 7) is 0. The van der Waals surface area contributed by atoms with Gasteiger partial charge in [-0.25, -0.2) is 8.42 Å². The Hall–Kier alpha value is -2.04.